The van der Waals surface area contributed by atoms with Crippen LogP contribution in [0.4, 0.5) is 11.6 Å². The summed E-state index contributed by atoms with van der Waals surface area (Å²) >= 11 is 16.5. The van der Waals surface area contributed by atoms with E-state index in [0.29, 0.717) is 21.6 Å². The van der Waals surface area contributed by atoms with Gasteiger partial charge in [0.05, 0.1) is 34.8 Å². The smallest absolute Gasteiger partial charge is 0.264 e. The largest absolute Gasteiger partial charge is 0.496 e. The SMILES string of the molecule is COc1ccc(Br)cc1/C=N/Nc1nnc(SCC(=O)Nc2cccc(Cl)c2Cl)n1N. The van der Waals surface area contributed by atoms with Crippen LogP contribution < -0.4 is 21.3 Å². The summed E-state index contributed by atoms with van der Waals surface area (Å²) in [6, 6.07) is 10.5. The van der Waals surface area contributed by atoms with E-state index in [9.17, 15) is 4.79 Å². The molecule has 0 bridgehead atoms. The molecule has 0 unspecified atom stereocenters. The molecule has 0 radical (unpaired) electrons. The number of ether oxygens (including phenoxy) is 1. The quantitative estimate of drug-likeness (QED) is 0.168. The van der Waals surface area contributed by atoms with Gasteiger partial charge in [-0.1, -0.05) is 57.0 Å². The number of methoxy groups -OCH3 is 1. The number of carbonyl (C=O) groups excluding carboxylic acids is 1. The molecule has 0 saturated heterocycles. The fraction of sp³-hybridized carbons (Fsp3) is 0.111. The van der Waals surface area contributed by atoms with Crippen molar-refractivity contribution in [2.24, 2.45) is 5.10 Å². The number of hydrogen-bond acceptors (Lipinski definition) is 8. The molecule has 3 aromatic rings. The van der Waals surface area contributed by atoms with E-state index in [1.54, 1.807) is 31.5 Å². The van der Waals surface area contributed by atoms with E-state index < -0.39 is 0 Å². The van der Waals surface area contributed by atoms with Crippen LogP contribution in [0.2, 0.25) is 10.0 Å². The predicted octanol–water partition coefficient (Wildman–Crippen LogP) is 4.25. The van der Waals surface area contributed by atoms with Crippen LogP contribution in [0.1, 0.15) is 5.56 Å². The number of carbonyl (C=O) groups is 1. The lowest BCUT2D eigenvalue weighted by molar-refractivity contribution is -0.113. The minimum Gasteiger partial charge on any atom is -0.496 e. The molecule has 0 atom stereocenters. The van der Waals surface area contributed by atoms with E-state index in [4.69, 9.17) is 33.8 Å². The van der Waals surface area contributed by atoms with Crippen LogP contribution in [0.3, 0.4) is 0 Å². The molecule has 0 saturated carbocycles. The average molecular weight is 545 g/mol. The first-order valence-electron chi connectivity index (χ1n) is 8.58. The molecule has 1 heterocycles. The van der Waals surface area contributed by atoms with Gasteiger partial charge in [0.1, 0.15) is 5.75 Å². The third-order valence-corrected chi connectivity index (χ3v) is 6.04. The Morgan fingerprint density at radius 3 is 2.94 bits per heavy atom. The van der Waals surface area contributed by atoms with Crippen molar-refractivity contribution in [3.05, 3.63) is 56.5 Å². The molecule has 0 aliphatic carbocycles. The number of anilines is 2. The molecular weight excluding hydrogens is 529 g/mol. The number of amides is 1. The van der Waals surface area contributed by atoms with Crippen molar-refractivity contribution < 1.29 is 9.53 Å². The zero-order valence-corrected chi connectivity index (χ0v) is 19.9. The number of aromatic nitrogens is 3. The second kappa shape index (κ2) is 10.7. The highest BCUT2D eigenvalue weighted by atomic mass is 79.9. The first kappa shape index (κ1) is 23.2. The molecule has 0 aliphatic rings. The number of nitrogens with zero attached hydrogens (tertiary/aromatic N) is 4. The summed E-state index contributed by atoms with van der Waals surface area (Å²) in [5.41, 5.74) is 3.88. The zero-order valence-electron chi connectivity index (χ0n) is 16.0. The Bertz CT molecular complexity index is 1130. The zero-order chi connectivity index (χ0) is 22.4. The van der Waals surface area contributed by atoms with Gasteiger partial charge in [-0.3, -0.25) is 4.79 Å². The minimum absolute atomic E-state index is 0.0384. The second-order valence-corrected chi connectivity index (χ2v) is 8.51. The molecular formula is C18H16BrCl2N7O2S. The van der Waals surface area contributed by atoms with E-state index in [1.807, 2.05) is 18.2 Å². The van der Waals surface area contributed by atoms with E-state index in [-0.39, 0.29) is 22.6 Å². The van der Waals surface area contributed by atoms with Crippen molar-refractivity contribution in [1.29, 1.82) is 0 Å². The molecule has 31 heavy (non-hydrogen) atoms. The Morgan fingerprint density at radius 1 is 1.35 bits per heavy atom. The van der Waals surface area contributed by atoms with Gasteiger partial charge in [-0.15, -0.1) is 10.2 Å². The Morgan fingerprint density at radius 2 is 2.16 bits per heavy atom. The number of thioether (sulfide) groups is 1. The van der Waals surface area contributed by atoms with Gasteiger partial charge in [0.15, 0.2) is 0 Å². The van der Waals surface area contributed by atoms with Crippen molar-refractivity contribution >= 4 is 74.7 Å². The summed E-state index contributed by atoms with van der Waals surface area (Å²) < 4.78 is 7.36. The summed E-state index contributed by atoms with van der Waals surface area (Å²) in [5.74, 6) is 6.57. The topological polar surface area (TPSA) is 119 Å². The maximum absolute atomic E-state index is 12.2. The van der Waals surface area contributed by atoms with E-state index >= 15 is 0 Å². The monoisotopic (exact) mass is 543 g/mol. The van der Waals surface area contributed by atoms with E-state index in [1.165, 1.54) is 4.68 Å². The van der Waals surface area contributed by atoms with Gasteiger partial charge in [0.25, 0.3) is 5.95 Å². The second-order valence-electron chi connectivity index (χ2n) is 5.87. The molecule has 4 N–H and O–H groups in total. The van der Waals surface area contributed by atoms with Gasteiger partial charge < -0.3 is 15.9 Å². The predicted molar refractivity (Wildman–Crippen MR) is 128 cm³/mol. The van der Waals surface area contributed by atoms with Crippen LogP contribution in [0.5, 0.6) is 5.75 Å². The first-order chi connectivity index (χ1) is 14.9. The Labute approximate surface area is 200 Å². The Kier molecular flexibility index (Phi) is 8.02. The summed E-state index contributed by atoms with van der Waals surface area (Å²) in [6.07, 6.45) is 1.56. The number of nitrogen functional groups attached to an aromatic ring is 1. The van der Waals surface area contributed by atoms with Crippen LogP contribution in [0.15, 0.2) is 51.1 Å². The van der Waals surface area contributed by atoms with Crippen LogP contribution in [0, 0.1) is 0 Å². The molecule has 3 rings (SSSR count). The number of nitrogens with two attached hydrogens (primary N) is 1. The molecule has 1 amide bonds. The normalized spacial score (nSPS) is 11.0. The third-order valence-electron chi connectivity index (χ3n) is 3.78. The highest BCUT2D eigenvalue weighted by molar-refractivity contribution is 9.10. The van der Waals surface area contributed by atoms with Gasteiger partial charge in [-0.25, -0.2) is 10.1 Å². The van der Waals surface area contributed by atoms with Gasteiger partial charge in [-0.05, 0) is 30.3 Å². The van der Waals surface area contributed by atoms with Crippen molar-refractivity contribution in [2.45, 2.75) is 5.16 Å². The van der Waals surface area contributed by atoms with Crippen molar-refractivity contribution in [3.63, 3.8) is 0 Å². The molecule has 162 valence electrons. The molecule has 0 fully saturated rings. The van der Waals surface area contributed by atoms with Gasteiger partial charge in [-0.2, -0.15) is 5.10 Å². The van der Waals surface area contributed by atoms with Crippen LogP contribution in [-0.2, 0) is 4.79 Å². The summed E-state index contributed by atoms with van der Waals surface area (Å²) in [4.78, 5) is 12.2. The molecule has 2 aromatic carbocycles. The number of benzene rings is 2. The Hall–Kier alpha value is -2.47. The minimum atomic E-state index is -0.300. The van der Waals surface area contributed by atoms with Crippen molar-refractivity contribution in [2.75, 3.05) is 29.4 Å². The highest BCUT2D eigenvalue weighted by Crippen LogP contribution is 2.29. The van der Waals surface area contributed by atoms with Gasteiger partial charge in [0.2, 0.25) is 11.1 Å². The number of rotatable bonds is 8. The lowest BCUT2D eigenvalue weighted by Crippen LogP contribution is -2.17. The fourth-order valence-electron chi connectivity index (χ4n) is 2.33. The lowest BCUT2D eigenvalue weighted by atomic mass is 10.2. The summed E-state index contributed by atoms with van der Waals surface area (Å²) in [5, 5.41) is 15.6. The maximum atomic E-state index is 12.2. The number of hydrogen-bond donors (Lipinski definition) is 3. The first-order valence-corrected chi connectivity index (χ1v) is 11.1. The molecule has 1 aromatic heterocycles. The molecule has 13 heteroatoms. The summed E-state index contributed by atoms with van der Waals surface area (Å²) in [6.45, 7) is 0. The number of nitrogens with one attached hydrogen (secondary N) is 2. The van der Waals surface area contributed by atoms with Crippen molar-refractivity contribution in [1.82, 2.24) is 14.9 Å². The average Bonchev–Trinajstić information content (AvgIpc) is 3.09. The van der Waals surface area contributed by atoms with E-state index in [2.05, 4.69) is 42.0 Å². The molecule has 9 nitrogen and oxygen atoms in total. The lowest BCUT2D eigenvalue weighted by Gasteiger charge is -2.08. The van der Waals surface area contributed by atoms with Crippen LogP contribution in [0.25, 0.3) is 0 Å². The van der Waals surface area contributed by atoms with Gasteiger partial charge >= 0.3 is 0 Å². The van der Waals surface area contributed by atoms with Crippen molar-refractivity contribution in [3.8, 4) is 5.75 Å². The number of halogens is 3. The van der Waals surface area contributed by atoms with E-state index in [0.717, 1.165) is 21.8 Å². The summed E-state index contributed by atoms with van der Waals surface area (Å²) in [7, 11) is 1.57. The van der Waals surface area contributed by atoms with Crippen LogP contribution in [-0.4, -0.2) is 39.9 Å². The highest BCUT2D eigenvalue weighted by Gasteiger charge is 2.13. The van der Waals surface area contributed by atoms with Gasteiger partial charge in [0, 0.05) is 10.0 Å². The molecule has 0 spiro atoms. The number of hydrazone groups is 1. The molecule has 0 aliphatic heterocycles. The standard InChI is InChI=1S/C18H16BrCl2N7O2S/c1-30-14-6-5-11(19)7-10(14)8-23-25-17-26-27-18(28(17)22)31-9-15(29)24-13-4-2-3-12(20)16(13)21/h2-8H,9,22H2,1H3,(H,24,29)(H,25,26)/b23-8+. The Balaban J connectivity index is 1.58. The third kappa shape index (κ3) is 6.03. The maximum Gasteiger partial charge on any atom is 0.264 e. The van der Waals surface area contributed by atoms with Crippen LogP contribution >= 0.6 is 50.9 Å². The fourth-order valence-corrected chi connectivity index (χ4v) is 3.72.